The zero-order valence-electron chi connectivity index (χ0n) is 14.8. The van der Waals surface area contributed by atoms with E-state index in [0.29, 0.717) is 19.7 Å². The monoisotopic (exact) mass is 327 g/mol. The molecule has 1 saturated heterocycles. The predicted molar refractivity (Wildman–Crippen MR) is 92.8 cm³/mol. The van der Waals surface area contributed by atoms with Crippen LogP contribution in [0.1, 0.15) is 42.6 Å². The van der Waals surface area contributed by atoms with E-state index in [9.17, 15) is 4.79 Å². The quantitative estimate of drug-likeness (QED) is 0.943. The number of H-pyrrole nitrogens is 1. The Bertz CT molecular complexity index is 718. The molecule has 1 N–H and O–H groups in total. The number of carbonyl (C=O) groups is 1. The van der Waals surface area contributed by atoms with E-state index in [-0.39, 0.29) is 12.0 Å². The van der Waals surface area contributed by atoms with Gasteiger partial charge in [-0.2, -0.15) is 0 Å². The van der Waals surface area contributed by atoms with Crippen LogP contribution in [0.4, 0.5) is 0 Å². The Hall–Kier alpha value is -2.14. The molecule has 5 heteroatoms. The summed E-state index contributed by atoms with van der Waals surface area (Å²) in [7, 11) is 0. The minimum atomic E-state index is -0.561. The van der Waals surface area contributed by atoms with Crippen molar-refractivity contribution in [3.63, 3.8) is 0 Å². The molecule has 1 aliphatic rings. The molecule has 1 unspecified atom stereocenters. The van der Waals surface area contributed by atoms with Gasteiger partial charge in [0.2, 0.25) is 5.91 Å². The zero-order valence-corrected chi connectivity index (χ0v) is 14.8. The molecule has 0 bridgehead atoms. The number of morpholine rings is 1. The van der Waals surface area contributed by atoms with Crippen molar-refractivity contribution in [1.29, 1.82) is 0 Å². The van der Waals surface area contributed by atoms with Crippen molar-refractivity contribution < 1.29 is 9.53 Å². The van der Waals surface area contributed by atoms with E-state index in [0.717, 1.165) is 17.1 Å². The van der Waals surface area contributed by atoms with Crippen LogP contribution in [0, 0.1) is 13.8 Å². The molecular formula is C19H25N3O2. The summed E-state index contributed by atoms with van der Waals surface area (Å²) < 4.78 is 5.80. The number of nitrogens with zero attached hydrogens (tertiary/aromatic N) is 2. The van der Waals surface area contributed by atoms with Gasteiger partial charge in [0.15, 0.2) is 0 Å². The lowest BCUT2D eigenvalue weighted by Gasteiger charge is -2.37. The van der Waals surface area contributed by atoms with E-state index in [2.05, 4.69) is 29.0 Å². The summed E-state index contributed by atoms with van der Waals surface area (Å²) in [5.41, 5.74) is 2.67. The Morgan fingerprint density at radius 1 is 1.29 bits per heavy atom. The maximum Gasteiger partial charge on any atom is 0.232 e. The lowest BCUT2D eigenvalue weighted by Crippen LogP contribution is -2.49. The standard InChI is InChI=1S/C19H25N3O2/c1-13-5-7-15(8-6-13)19(3,4)18(23)22-9-10-24-16(12-22)17-20-11-14(2)21-17/h5-8,11,16H,9-10,12H2,1-4H3,(H,20,21). The van der Waals surface area contributed by atoms with Crippen LogP contribution < -0.4 is 0 Å². The van der Waals surface area contributed by atoms with Gasteiger partial charge in [0.05, 0.1) is 18.6 Å². The minimum absolute atomic E-state index is 0.128. The topological polar surface area (TPSA) is 58.2 Å². The first-order chi connectivity index (χ1) is 11.4. The van der Waals surface area contributed by atoms with E-state index >= 15 is 0 Å². The molecular weight excluding hydrogens is 302 g/mol. The Kier molecular flexibility index (Phi) is 4.45. The Balaban J connectivity index is 1.77. The van der Waals surface area contributed by atoms with Gasteiger partial charge in [0, 0.05) is 18.4 Å². The second kappa shape index (κ2) is 6.40. The number of rotatable bonds is 3. The van der Waals surface area contributed by atoms with E-state index in [1.54, 1.807) is 6.20 Å². The fraction of sp³-hybridized carbons (Fsp3) is 0.474. The average molecular weight is 327 g/mol. The van der Waals surface area contributed by atoms with Crippen LogP contribution in [0.2, 0.25) is 0 Å². The maximum atomic E-state index is 13.1. The van der Waals surface area contributed by atoms with Crippen molar-refractivity contribution in [2.75, 3.05) is 19.7 Å². The lowest BCUT2D eigenvalue weighted by molar-refractivity contribution is -0.144. The summed E-state index contributed by atoms with van der Waals surface area (Å²) in [5.74, 6) is 0.918. The number of nitrogens with one attached hydrogen (secondary N) is 1. The summed E-state index contributed by atoms with van der Waals surface area (Å²) in [6, 6.07) is 8.19. The predicted octanol–water partition coefficient (Wildman–Crippen LogP) is 2.90. The number of aromatic nitrogens is 2. The number of aryl methyl sites for hydroxylation is 2. The number of imidazole rings is 1. The van der Waals surface area contributed by atoms with E-state index in [1.165, 1.54) is 5.56 Å². The molecule has 1 aromatic carbocycles. The SMILES string of the molecule is Cc1ccc(C(C)(C)C(=O)N2CCOC(c3ncc(C)[nH]3)C2)cc1. The molecule has 0 aliphatic carbocycles. The average Bonchev–Trinajstić information content (AvgIpc) is 3.01. The molecule has 0 spiro atoms. The summed E-state index contributed by atoms with van der Waals surface area (Å²) in [6.45, 7) is 9.66. The van der Waals surface area contributed by atoms with Gasteiger partial charge in [-0.1, -0.05) is 29.8 Å². The molecule has 2 heterocycles. The van der Waals surface area contributed by atoms with Crippen molar-refractivity contribution in [1.82, 2.24) is 14.9 Å². The number of aromatic amines is 1. The van der Waals surface area contributed by atoms with Gasteiger partial charge in [-0.3, -0.25) is 4.79 Å². The van der Waals surface area contributed by atoms with Crippen molar-refractivity contribution in [2.45, 2.75) is 39.2 Å². The Morgan fingerprint density at radius 3 is 2.62 bits per heavy atom. The van der Waals surface area contributed by atoms with Crippen LogP contribution in [0.3, 0.4) is 0 Å². The number of amides is 1. The normalized spacial score (nSPS) is 18.7. The van der Waals surface area contributed by atoms with Gasteiger partial charge >= 0.3 is 0 Å². The Morgan fingerprint density at radius 2 is 2.00 bits per heavy atom. The molecule has 3 rings (SSSR count). The molecule has 0 radical (unpaired) electrons. The summed E-state index contributed by atoms with van der Waals surface area (Å²) in [6.07, 6.45) is 1.60. The van der Waals surface area contributed by atoms with Crippen LogP contribution in [-0.4, -0.2) is 40.5 Å². The highest BCUT2D eigenvalue weighted by molar-refractivity contribution is 5.87. The number of hydrogen-bond acceptors (Lipinski definition) is 3. The highest BCUT2D eigenvalue weighted by Crippen LogP contribution is 2.29. The number of carbonyl (C=O) groups excluding carboxylic acids is 1. The van der Waals surface area contributed by atoms with Gasteiger partial charge < -0.3 is 14.6 Å². The third-order valence-corrected chi connectivity index (χ3v) is 4.69. The molecule has 0 saturated carbocycles. The van der Waals surface area contributed by atoms with E-state index in [4.69, 9.17) is 4.74 Å². The number of ether oxygens (including phenoxy) is 1. The van der Waals surface area contributed by atoms with Crippen LogP contribution in [0.5, 0.6) is 0 Å². The van der Waals surface area contributed by atoms with Gasteiger partial charge in [0.25, 0.3) is 0 Å². The number of benzene rings is 1. The van der Waals surface area contributed by atoms with Gasteiger partial charge in [-0.15, -0.1) is 0 Å². The first-order valence-corrected chi connectivity index (χ1v) is 8.37. The first kappa shape index (κ1) is 16.7. The van der Waals surface area contributed by atoms with Crippen molar-refractivity contribution >= 4 is 5.91 Å². The van der Waals surface area contributed by atoms with Crippen molar-refractivity contribution in [3.05, 3.63) is 53.1 Å². The fourth-order valence-electron chi connectivity index (χ4n) is 3.08. The second-order valence-corrected chi connectivity index (χ2v) is 7.05. The van der Waals surface area contributed by atoms with Crippen LogP contribution in [-0.2, 0) is 14.9 Å². The van der Waals surface area contributed by atoms with Crippen LogP contribution >= 0.6 is 0 Å². The minimum Gasteiger partial charge on any atom is -0.367 e. The summed E-state index contributed by atoms with van der Waals surface area (Å²) in [4.78, 5) is 22.6. The number of hydrogen-bond donors (Lipinski definition) is 1. The molecule has 1 atom stereocenters. The van der Waals surface area contributed by atoms with Gasteiger partial charge in [-0.05, 0) is 33.3 Å². The molecule has 2 aromatic rings. The van der Waals surface area contributed by atoms with Gasteiger partial charge in [0.1, 0.15) is 11.9 Å². The maximum absolute atomic E-state index is 13.1. The smallest absolute Gasteiger partial charge is 0.232 e. The van der Waals surface area contributed by atoms with Crippen molar-refractivity contribution in [2.24, 2.45) is 0 Å². The summed E-state index contributed by atoms with van der Waals surface area (Å²) >= 11 is 0. The van der Waals surface area contributed by atoms with Crippen LogP contribution in [0.15, 0.2) is 30.5 Å². The van der Waals surface area contributed by atoms with E-state index in [1.807, 2.05) is 37.8 Å². The third-order valence-electron chi connectivity index (χ3n) is 4.69. The van der Waals surface area contributed by atoms with Gasteiger partial charge in [-0.25, -0.2) is 4.98 Å². The second-order valence-electron chi connectivity index (χ2n) is 7.05. The van der Waals surface area contributed by atoms with E-state index < -0.39 is 5.41 Å². The summed E-state index contributed by atoms with van der Waals surface area (Å²) in [5, 5.41) is 0. The third kappa shape index (κ3) is 3.22. The zero-order chi connectivity index (χ0) is 17.3. The highest BCUT2D eigenvalue weighted by Gasteiger charge is 2.36. The lowest BCUT2D eigenvalue weighted by atomic mass is 9.82. The molecule has 1 aliphatic heterocycles. The highest BCUT2D eigenvalue weighted by atomic mass is 16.5. The van der Waals surface area contributed by atoms with Crippen molar-refractivity contribution in [3.8, 4) is 0 Å². The largest absolute Gasteiger partial charge is 0.367 e. The molecule has 1 fully saturated rings. The molecule has 1 aromatic heterocycles. The molecule has 1 amide bonds. The fourth-order valence-corrected chi connectivity index (χ4v) is 3.08. The molecule has 128 valence electrons. The molecule has 5 nitrogen and oxygen atoms in total. The first-order valence-electron chi connectivity index (χ1n) is 8.37. The molecule has 24 heavy (non-hydrogen) atoms. The Labute approximate surface area is 143 Å². The van der Waals surface area contributed by atoms with Crippen LogP contribution in [0.25, 0.3) is 0 Å².